The van der Waals surface area contributed by atoms with Crippen LogP contribution in [0.3, 0.4) is 0 Å². The molecule has 0 aliphatic carbocycles. The Bertz CT molecular complexity index is 733. The Balaban J connectivity index is 2.18. The number of benzene rings is 2. The summed E-state index contributed by atoms with van der Waals surface area (Å²) in [5, 5.41) is 7.83. The van der Waals surface area contributed by atoms with Gasteiger partial charge in [-0.15, -0.1) is 0 Å². The molecule has 0 unspecified atom stereocenters. The van der Waals surface area contributed by atoms with Gasteiger partial charge in [-0.2, -0.15) is 0 Å². The fourth-order valence-corrected chi connectivity index (χ4v) is 2.22. The van der Waals surface area contributed by atoms with Crippen molar-refractivity contribution in [1.82, 2.24) is 0 Å². The van der Waals surface area contributed by atoms with Crippen LogP contribution < -0.4 is 10.5 Å². The highest BCUT2D eigenvalue weighted by Gasteiger charge is 2.09. The largest absolute Gasteiger partial charge is 0.381 e. The fraction of sp³-hybridized carbons (Fsp3) is 0.0769. The van der Waals surface area contributed by atoms with Crippen LogP contribution in [0.1, 0.15) is 5.56 Å². The van der Waals surface area contributed by atoms with Gasteiger partial charge in [0.25, 0.3) is 0 Å². The minimum Gasteiger partial charge on any atom is -0.381 e. The lowest BCUT2D eigenvalue weighted by molar-refractivity contribution is 0.500. The number of hydrogen-bond acceptors (Lipinski definition) is 3. The lowest BCUT2D eigenvalue weighted by atomic mass is 10.2. The summed E-state index contributed by atoms with van der Waals surface area (Å²) in [5.74, 6) is -1.86. The quantitative estimate of drug-likeness (QED) is 0.909. The molecule has 0 bridgehead atoms. The summed E-state index contributed by atoms with van der Waals surface area (Å²) in [5.41, 5.74) is 0.589. The molecule has 0 radical (unpaired) electrons. The first-order valence-corrected chi connectivity index (χ1v) is 7.22. The van der Waals surface area contributed by atoms with E-state index in [9.17, 15) is 17.2 Å². The molecule has 2 rings (SSSR count). The third kappa shape index (κ3) is 3.31. The number of nitrogens with two attached hydrogens (primary N) is 1. The van der Waals surface area contributed by atoms with E-state index < -0.39 is 21.7 Å². The van der Waals surface area contributed by atoms with E-state index in [2.05, 4.69) is 5.32 Å². The highest BCUT2D eigenvalue weighted by Crippen LogP contribution is 2.17. The van der Waals surface area contributed by atoms with Crippen LogP contribution in [0, 0.1) is 11.6 Å². The lowest BCUT2D eigenvalue weighted by Gasteiger charge is -2.09. The third-order valence-corrected chi connectivity index (χ3v) is 3.59. The fourth-order valence-electron chi connectivity index (χ4n) is 1.67. The van der Waals surface area contributed by atoms with E-state index in [-0.39, 0.29) is 17.0 Å². The second kappa shape index (κ2) is 5.56. The maximum absolute atomic E-state index is 13.4. The molecule has 4 nitrogen and oxygen atoms in total. The Morgan fingerprint density at radius 1 is 1.10 bits per heavy atom. The molecule has 0 atom stereocenters. The molecule has 0 saturated heterocycles. The average molecular weight is 298 g/mol. The van der Waals surface area contributed by atoms with E-state index in [1.807, 2.05) is 0 Å². The first-order valence-electron chi connectivity index (χ1n) is 5.67. The van der Waals surface area contributed by atoms with Crippen molar-refractivity contribution in [2.45, 2.75) is 11.4 Å². The SMILES string of the molecule is NS(=O)(=O)c1cccc(NCc2cccc(F)c2F)c1. The summed E-state index contributed by atoms with van der Waals surface area (Å²) in [6.07, 6.45) is 0. The normalized spacial score (nSPS) is 11.3. The molecular weight excluding hydrogens is 286 g/mol. The van der Waals surface area contributed by atoms with E-state index in [0.29, 0.717) is 5.69 Å². The molecule has 0 amide bonds. The van der Waals surface area contributed by atoms with Crippen molar-refractivity contribution < 1.29 is 17.2 Å². The number of nitrogens with one attached hydrogen (secondary N) is 1. The Kier molecular flexibility index (Phi) is 4.01. The molecule has 0 aromatic heterocycles. The van der Waals surface area contributed by atoms with Crippen molar-refractivity contribution >= 4 is 15.7 Å². The standard InChI is InChI=1S/C13H12F2N2O2S/c14-12-6-1-3-9(13(12)15)8-17-10-4-2-5-11(7-10)20(16,18)19/h1-7,17H,8H2,(H2,16,18,19). The molecule has 106 valence electrons. The molecule has 2 aromatic rings. The monoisotopic (exact) mass is 298 g/mol. The van der Waals surface area contributed by atoms with Gasteiger partial charge in [-0.05, 0) is 24.3 Å². The lowest BCUT2D eigenvalue weighted by Crippen LogP contribution is -2.12. The molecule has 0 fully saturated rings. The van der Waals surface area contributed by atoms with E-state index in [1.54, 1.807) is 6.07 Å². The summed E-state index contributed by atoms with van der Waals surface area (Å²) in [4.78, 5) is -0.0535. The minimum absolute atomic E-state index is 0.0255. The second-order valence-electron chi connectivity index (χ2n) is 4.14. The van der Waals surface area contributed by atoms with Crippen LogP contribution in [0.2, 0.25) is 0 Å². The predicted octanol–water partition coefficient (Wildman–Crippen LogP) is 2.22. The van der Waals surface area contributed by atoms with Gasteiger partial charge in [0.1, 0.15) is 0 Å². The molecule has 20 heavy (non-hydrogen) atoms. The van der Waals surface area contributed by atoms with Gasteiger partial charge in [0.15, 0.2) is 11.6 Å². The van der Waals surface area contributed by atoms with Crippen LogP contribution in [0.15, 0.2) is 47.4 Å². The van der Waals surface area contributed by atoms with Gasteiger partial charge in [0.05, 0.1) is 4.90 Å². The number of primary sulfonamides is 1. The van der Waals surface area contributed by atoms with Crippen molar-refractivity contribution in [1.29, 1.82) is 0 Å². The number of hydrogen-bond donors (Lipinski definition) is 2. The molecule has 0 heterocycles. The highest BCUT2D eigenvalue weighted by molar-refractivity contribution is 7.89. The maximum Gasteiger partial charge on any atom is 0.238 e. The summed E-state index contributed by atoms with van der Waals surface area (Å²) < 4.78 is 48.9. The Hall–Kier alpha value is -1.99. The molecule has 0 aliphatic rings. The van der Waals surface area contributed by atoms with Crippen LogP contribution in [0.5, 0.6) is 0 Å². The smallest absolute Gasteiger partial charge is 0.238 e. The van der Waals surface area contributed by atoms with Crippen molar-refractivity contribution in [2.75, 3.05) is 5.32 Å². The zero-order valence-electron chi connectivity index (χ0n) is 10.3. The first kappa shape index (κ1) is 14.4. The topological polar surface area (TPSA) is 72.2 Å². The Morgan fingerprint density at radius 2 is 1.80 bits per heavy atom. The van der Waals surface area contributed by atoms with Gasteiger partial charge in [0, 0.05) is 17.8 Å². The van der Waals surface area contributed by atoms with Crippen molar-refractivity contribution in [3.05, 3.63) is 59.7 Å². The van der Waals surface area contributed by atoms with Crippen LogP contribution in [0.4, 0.5) is 14.5 Å². The average Bonchev–Trinajstić information content (AvgIpc) is 2.40. The molecule has 3 N–H and O–H groups in total. The summed E-state index contributed by atoms with van der Waals surface area (Å²) >= 11 is 0. The molecule has 0 spiro atoms. The van der Waals surface area contributed by atoms with Gasteiger partial charge in [-0.25, -0.2) is 22.3 Å². The molecule has 0 aliphatic heterocycles. The van der Waals surface area contributed by atoms with Gasteiger partial charge >= 0.3 is 0 Å². The van der Waals surface area contributed by atoms with Gasteiger partial charge in [-0.1, -0.05) is 18.2 Å². The summed E-state index contributed by atoms with van der Waals surface area (Å²) in [6, 6.07) is 9.65. The van der Waals surface area contributed by atoms with Crippen LogP contribution in [-0.2, 0) is 16.6 Å². The predicted molar refractivity (Wildman–Crippen MR) is 71.5 cm³/mol. The molecular formula is C13H12F2N2O2S. The summed E-state index contributed by atoms with van der Waals surface area (Å²) in [6.45, 7) is 0.0255. The van der Waals surface area contributed by atoms with E-state index in [4.69, 9.17) is 5.14 Å². The minimum atomic E-state index is -3.80. The van der Waals surface area contributed by atoms with E-state index in [1.165, 1.54) is 30.3 Å². The zero-order valence-corrected chi connectivity index (χ0v) is 11.1. The molecule has 7 heteroatoms. The van der Waals surface area contributed by atoms with Crippen molar-refractivity contribution in [2.24, 2.45) is 5.14 Å². The van der Waals surface area contributed by atoms with Gasteiger partial charge < -0.3 is 5.32 Å². The van der Waals surface area contributed by atoms with Crippen LogP contribution in [0.25, 0.3) is 0 Å². The van der Waals surface area contributed by atoms with E-state index in [0.717, 1.165) is 6.07 Å². The maximum atomic E-state index is 13.4. The van der Waals surface area contributed by atoms with Crippen molar-refractivity contribution in [3.8, 4) is 0 Å². The van der Waals surface area contributed by atoms with Crippen LogP contribution in [-0.4, -0.2) is 8.42 Å². The highest BCUT2D eigenvalue weighted by atomic mass is 32.2. The number of halogens is 2. The molecule has 2 aromatic carbocycles. The van der Waals surface area contributed by atoms with E-state index >= 15 is 0 Å². The second-order valence-corrected chi connectivity index (χ2v) is 5.70. The number of sulfonamides is 1. The Morgan fingerprint density at radius 3 is 2.50 bits per heavy atom. The Labute approximate surface area is 115 Å². The number of rotatable bonds is 4. The van der Waals surface area contributed by atoms with Crippen molar-refractivity contribution in [3.63, 3.8) is 0 Å². The van der Waals surface area contributed by atoms with Gasteiger partial charge in [0.2, 0.25) is 10.0 Å². The first-order chi connectivity index (χ1) is 9.38. The summed E-state index contributed by atoms with van der Waals surface area (Å²) in [7, 11) is -3.80. The van der Waals surface area contributed by atoms with Gasteiger partial charge in [-0.3, -0.25) is 0 Å². The third-order valence-electron chi connectivity index (χ3n) is 2.68. The molecule has 0 saturated carbocycles. The number of anilines is 1. The van der Waals surface area contributed by atoms with Crippen LogP contribution >= 0.6 is 0 Å². The zero-order chi connectivity index (χ0) is 14.8.